The summed E-state index contributed by atoms with van der Waals surface area (Å²) in [5, 5.41) is 5.55. The fourth-order valence-electron chi connectivity index (χ4n) is 3.94. The van der Waals surface area contributed by atoms with Crippen LogP contribution in [0.15, 0.2) is 75.6 Å². The number of hydrogen-bond donors (Lipinski definition) is 2. The molecule has 4 aromatic rings. The number of benzene rings is 2. The van der Waals surface area contributed by atoms with E-state index in [1.54, 1.807) is 35.6 Å². The summed E-state index contributed by atoms with van der Waals surface area (Å²) in [6, 6.07) is 19.0. The van der Waals surface area contributed by atoms with Gasteiger partial charge in [-0.1, -0.05) is 56.3 Å². The van der Waals surface area contributed by atoms with Gasteiger partial charge in [0.1, 0.15) is 0 Å². The van der Waals surface area contributed by atoms with Crippen molar-refractivity contribution in [2.45, 2.75) is 45.2 Å². The lowest BCUT2D eigenvalue weighted by molar-refractivity contribution is -0.121. The van der Waals surface area contributed by atoms with Gasteiger partial charge in [-0.3, -0.25) is 19.1 Å². The van der Waals surface area contributed by atoms with Gasteiger partial charge in [-0.2, -0.15) is 0 Å². The van der Waals surface area contributed by atoms with E-state index in [4.69, 9.17) is 0 Å². The Labute approximate surface area is 195 Å². The van der Waals surface area contributed by atoms with Crippen LogP contribution in [0.4, 0.5) is 0 Å². The Morgan fingerprint density at radius 3 is 2.45 bits per heavy atom. The van der Waals surface area contributed by atoms with Gasteiger partial charge < -0.3 is 5.32 Å². The normalized spacial score (nSPS) is 13.0. The summed E-state index contributed by atoms with van der Waals surface area (Å²) in [6.45, 7) is 4.55. The summed E-state index contributed by atoms with van der Waals surface area (Å²) < 4.78 is 1.44. The van der Waals surface area contributed by atoms with Crippen molar-refractivity contribution in [3.63, 3.8) is 0 Å². The number of nitrogens with one attached hydrogen (secondary N) is 2. The molecule has 0 bridgehead atoms. The number of rotatable bonds is 8. The molecule has 0 radical (unpaired) electrons. The number of aromatic amines is 1. The molecule has 1 amide bonds. The first-order valence-electron chi connectivity index (χ1n) is 11.1. The number of thiophene rings is 1. The molecule has 2 aromatic heterocycles. The number of para-hydroxylation sites is 1. The van der Waals surface area contributed by atoms with Gasteiger partial charge in [0.2, 0.25) is 5.91 Å². The zero-order chi connectivity index (χ0) is 23.4. The predicted molar refractivity (Wildman–Crippen MR) is 133 cm³/mol. The standard InChI is InChI=1S/C26H27N3O3S/c1-3-17(2)18-10-12-19(13-11-18)24(22-9-6-16-33-22)27-23(30)14-15-29-21-8-5-4-7-20(21)25(31)28-26(29)32/h4-13,16-17,24H,3,14-15H2,1-2H3,(H,27,30)(H,28,31,32). The monoisotopic (exact) mass is 461 g/mol. The smallest absolute Gasteiger partial charge is 0.328 e. The largest absolute Gasteiger partial charge is 0.344 e. The van der Waals surface area contributed by atoms with Crippen molar-refractivity contribution >= 4 is 28.1 Å². The summed E-state index contributed by atoms with van der Waals surface area (Å²) in [4.78, 5) is 40.8. The van der Waals surface area contributed by atoms with Crippen LogP contribution in [0.25, 0.3) is 10.9 Å². The van der Waals surface area contributed by atoms with E-state index in [0.29, 0.717) is 16.8 Å². The maximum atomic E-state index is 12.9. The molecule has 2 aromatic carbocycles. The lowest BCUT2D eigenvalue weighted by atomic mass is 9.95. The minimum Gasteiger partial charge on any atom is -0.344 e. The lowest BCUT2D eigenvalue weighted by Crippen LogP contribution is -2.33. The van der Waals surface area contributed by atoms with E-state index in [-0.39, 0.29) is 24.9 Å². The van der Waals surface area contributed by atoms with Gasteiger partial charge in [0.25, 0.3) is 5.56 Å². The Balaban J connectivity index is 1.54. The summed E-state index contributed by atoms with van der Waals surface area (Å²) in [7, 11) is 0. The molecule has 2 atom stereocenters. The summed E-state index contributed by atoms with van der Waals surface area (Å²) in [5.41, 5.74) is 1.89. The maximum absolute atomic E-state index is 12.9. The van der Waals surface area contributed by atoms with Crippen molar-refractivity contribution in [2.75, 3.05) is 0 Å². The molecular weight excluding hydrogens is 434 g/mol. The number of H-pyrrole nitrogens is 1. The zero-order valence-corrected chi connectivity index (χ0v) is 19.5. The molecule has 6 nitrogen and oxygen atoms in total. The van der Waals surface area contributed by atoms with Crippen LogP contribution >= 0.6 is 11.3 Å². The molecule has 0 aliphatic rings. The van der Waals surface area contributed by atoms with Crippen molar-refractivity contribution < 1.29 is 4.79 Å². The zero-order valence-electron chi connectivity index (χ0n) is 18.7. The highest BCUT2D eigenvalue weighted by Crippen LogP contribution is 2.28. The van der Waals surface area contributed by atoms with Gasteiger partial charge in [0.15, 0.2) is 0 Å². The molecule has 0 saturated heterocycles. The average Bonchev–Trinajstić information content (AvgIpc) is 3.37. The molecule has 2 unspecified atom stereocenters. The highest BCUT2D eigenvalue weighted by molar-refractivity contribution is 7.10. The minimum atomic E-state index is -0.512. The van der Waals surface area contributed by atoms with Gasteiger partial charge in [0.05, 0.1) is 16.9 Å². The first-order chi connectivity index (χ1) is 16.0. The van der Waals surface area contributed by atoms with Crippen LogP contribution in [0, 0.1) is 0 Å². The second kappa shape index (κ2) is 10.0. The molecule has 2 N–H and O–H groups in total. The number of amides is 1. The first kappa shape index (κ1) is 22.7. The van der Waals surface area contributed by atoms with E-state index in [0.717, 1.165) is 16.9 Å². The molecule has 170 valence electrons. The Hall–Kier alpha value is -3.45. The van der Waals surface area contributed by atoms with Gasteiger partial charge >= 0.3 is 5.69 Å². The number of hydrogen-bond acceptors (Lipinski definition) is 4. The highest BCUT2D eigenvalue weighted by Gasteiger charge is 2.19. The van der Waals surface area contributed by atoms with E-state index in [1.807, 2.05) is 17.5 Å². The van der Waals surface area contributed by atoms with E-state index in [1.165, 1.54) is 10.1 Å². The molecule has 0 fully saturated rings. The number of nitrogens with zero attached hydrogens (tertiary/aromatic N) is 1. The van der Waals surface area contributed by atoms with E-state index in [9.17, 15) is 14.4 Å². The number of aromatic nitrogens is 2. The SMILES string of the molecule is CCC(C)c1ccc(C(NC(=O)CCn2c(=O)[nH]c(=O)c3ccccc32)c2cccs2)cc1. The van der Waals surface area contributed by atoms with Crippen molar-refractivity contribution in [1.29, 1.82) is 0 Å². The van der Waals surface area contributed by atoms with E-state index >= 15 is 0 Å². The minimum absolute atomic E-state index is 0.114. The second-order valence-electron chi connectivity index (χ2n) is 8.17. The molecule has 4 rings (SSSR count). The van der Waals surface area contributed by atoms with Crippen molar-refractivity contribution in [3.05, 3.63) is 103 Å². The van der Waals surface area contributed by atoms with Crippen molar-refractivity contribution in [1.82, 2.24) is 14.9 Å². The number of carbonyl (C=O) groups excluding carboxylic acids is 1. The van der Waals surface area contributed by atoms with Crippen LogP contribution in [0.5, 0.6) is 0 Å². The molecule has 33 heavy (non-hydrogen) atoms. The van der Waals surface area contributed by atoms with E-state index < -0.39 is 11.2 Å². The Bertz CT molecular complexity index is 1350. The highest BCUT2D eigenvalue weighted by atomic mass is 32.1. The van der Waals surface area contributed by atoms with Crippen molar-refractivity contribution in [2.24, 2.45) is 0 Å². The quantitative estimate of drug-likeness (QED) is 0.403. The van der Waals surface area contributed by atoms with Crippen LogP contribution in [0.3, 0.4) is 0 Å². The van der Waals surface area contributed by atoms with Crippen LogP contribution in [-0.2, 0) is 11.3 Å². The third-order valence-electron chi connectivity index (χ3n) is 6.05. The molecule has 0 aliphatic heterocycles. The summed E-state index contributed by atoms with van der Waals surface area (Å²) >= 11 is 1.59. The lowest BCUT2D eigenvalue weighted by Gasteiger charge is -2.19. The fraction of sp³-hybridized carbons (Fsp3) is 0.269. The summed E-state index contributed by atoms with van der Waals surface area (Å²) in [5.74, 6) is 0.320. The second-order valence-corrected chi connectivity index (χ2v) is 9.15. The van der Waals surface area contributed by atoms with Crippen molar-refractivity contribution in [3.8, 4) is 0 Å². The predicted octanol–water partition coefficient (Wildman–Crippen LogP) is 4.56. The van der Waals surface area contributed by atoms with Crippen LogP contribution in [-0.4, -0.2) is 15.5 Å². The first-order valence-corrected chi connectivity index (χ1v) is 12.0. The topological polar surface area (TPSA) is 84.0 Å². The summed E-state index contributed by atoms with van der Waals surface area (Å²) in [6.07, 6.45) is 1.19. The Morgan fingerprint density at radius 2 is 1.76 bits per heavy atom. The molecule has 0 aliphatic carbocycles. The van der Waals surface area contributed by atoms with Crippen LogP contribution < -0.4 is 16.6 Å². The maximum Gasteiger partial charge on any atom is 0.328 e. The number of carbonyl (C=O) groups is 1. The number of fused-ring (bicyclic) bond motifs is 1. The third-order valence-corrected chi connectivity index (χ3v) is 6.99. The molecule has 2 heterocycles. The van der Waals surface area contributed by atoms with E-state index in [2.05, 4.69) is 48.4 Å². The number of aryl methyl sites for hydroxylation is 1. The molecule has 0 spiro atoms. The van der Waals surface area contributed by atoms with Gasteiger partial charge in [-0.15, -0.1) is 11.3 Å². The Morgan fingerprint density at radius 1 is 1.03 bits per heavy atom. The van der Waals surface area contributed by atoms with Crippen LogP contribution in [0.2, 0.25) is 0 Å². The van der Waals surface area contributed by atoms with Crippen LogP contribution in [0.1, 0.15) is 54.7 Å². The third kappa shape index (κ3) is 4.98. The van der Waals surface area contributed by atoms with Gasteiger partial charge in [0, 0.05) is 17.8 Å². The molecular formula is C26H27N3O3S. The molecule has 7 heteroatoms. The Kier molecular flexibility index (Phi) is 6.89. The van der Waals surface area contributed by atoms with Gasteiger partial charge in [-0.25, -0.2) is 4.79 Å². The fourth-order valence-corrected chi connectivity index (χ4v) is 4.74. The molecule has 0 saturated carbocycles. The van der Waals surface area contributed by atoms with Gasteiger partial charge in [-0.05, 0) is 47.0 Å². The average molecular weight is 462 g/mol.